The Hall–Kier alpha value is -2.63. The topological polar surface area (TPSA) is 75.6 Å². The van der Waals surface area contributed by atoms with Crippen molar-refractivity contribution in [2.45, 2.75) is 6.42 Å². The van der Waals surface area contributed by atoms with Crippen molar-refractivity contribution < 1.29 is 4.79 Å². The Morgan fingerprint density at radius 3 is 3.05 bits per heavy atom. The van der Waals surface area contributed by atoms with Gasteiger partial charge in [-0.1, -0.05) is 18.2 Å². The van der Waals surface area contributed by atoms with Gasteiger partial charge in [-0.05, 0) is 6.07 Å². The molecule has 0 radical (unpaired) electrons. The van der Waals surface area contributed by atoms with Crippen molar-refractivity contribution in [3.05, 3.63) is 48.2 Å². The molecule has 0 spiro atoms. The van der Waals surface area contributed by atoms with Gasteiger partial charge < -0.3 is 9.88 Å². The maximum absolute atomic E-state index is 12.1. The van der Waals surface area contributed by atoms with Gasteiger partial charge in [-0.25, -0.2) is 4.98 Å². The molecule has 2 aromatic heterocycles. The average Bonchev–Trinajstić information content (AvgIpc) is 3.05. The summed E-state index contributed by atoms with van der Waals surface area (Å²) in [5, 5.41) is 10.6. The first kappa shape index (κ1) is 12.4. The molecule has 6 nitrogen and oxygen atoms in total. The number of nitrogens with one attached hydrogen (secondary N) is 2. The highest BCUT2D eigenvalue weighted by Gasteiger charge is 2.13. The fourth-order valence-corrected chi connectivity index (χ4v) is 2.15. The van der Waals surface area contributed by atoms with Crippen LogP contribution in [0.5, 0.6) is 0 Å². The molecule has 0 aliphatic heterocycles. The van der Waals surface area contributed by atoms with E-state index in [1.165, 1.54) is 0 Å². The summed E-state index contributed by atoms with van der Waals surface area (Å²) in [6.07, 6.45) is 4.33. The number of hydrogen-bond acceptors (Lipinski definition) is 3. The highest BCUT2D eigenvalue weighted by Crippen LogP contribution is 2.14. The molecule has 0 unspecified atom stereocenters. The van der Waals surface area contributed by atoms with Crippen LogP contribution >= 0.6 is 0 Å². The number of H-pyrrole nitrogens is 1. The molecule has 0 aliphatic rings. The number of para-hydroxylation sites is 1. The lowest BCUT2D eigenvalue weighted by Gasteiger charge is -2.04. The molecule has 0 fully saturated rings. The van der Waals surface area contributed by atoms with Crippen molar-refractivity contribution in [3.8, 4) is 0 Å². The van der Waals surface area contributed by atoms with Crippen LogP contribution in [0.15, 0.2) is 36.7 Å². The number of hydrogen-bond donors (Lipinski definition) is 2. The van der Waals surface area contributed by atoms with Gasteiger partial charge in [0.1, 0.15) is 5.82 Å². The maximum atomic E-state index is 12.1. The molecule has 2 N–H and O–H groups in total. The molecule has 0 atom stereocenters. The first-order chi connectivity index (χ1) is 9.75. The second kappa shape index (κ2) is 5.16. The molecule has 0 bridgehead atoms. The first-order valence-corrected chi connectivity index (χ1v) is 6.43. The van der Waals surface area contributed by atoms with Crippen LogP contribution in [0.1, 0.15) is 16.3 Å². The molecule has 3 aromatic rings. The predicted molar refractivity (Wildman–Crippen MR) is 75.3 cm³/mol. The van der Waals surface area contributed by atoms with Crippen LogP contribution < -0.4 is 5.32 Å². The standard InChI is InChI=1S/C14H15N5O/c1-19-9-8-15-12(19)6-7-16-14(20)13-10-4-2-3-5-11(10)17-18-13/h2-5,8-9H,6-7H2,1H3,(H,16,20)(H,17,18). The zero-order valence-corrected chi connectivity index (χ0v) is 11.1. The van der Waals surface area contributed by atoms with Gasteiger partial charge in [-0.3, -0.25) is 9.89 Å². The molecule has 1 aromatic carbocycles. The number of aromatic nitrogens is 4. The normalized spacial score (nSPS) is 10.8. The van der Waals surface area contributed by atoms with Crippen LogP contribution in [0.3, 0.4) is 0 Å². The number of imidazole rings is 1. The summed E-state index contributed by atoms with van der Waals surface area (Å²) in [4.78, 5) is 16.3. The average molecular weight is 269 g/mol. The highest BCUT2D eigenvalue weighted by atomic mass is 16.1. The van der Waals surface area contributed by atoms with Gasteiger partial charge in [0.05, 0.1) is 5.52 Å². The minimum atomic E-state index is -0.170. The Kier molecular flexibility index (Phi) is 3.20. The van der Waals surface area contributed by atoms with Crippen LogP contribution in [-0.4, -0.2) is 32.2 Å². The van der Waals surface area contributed by atoms with E-state index in [0.717, 1.165) is 16.7 Å². The number of fused-ring (bicyclic) bond motifs is 1. The van der Waals surface area contributed by atoms with Gasteiger partial charge in [0.2, 0.25) is 0 Å². The lowest BCUT2D eigenvalue weighted by molar-refractivity contribution is 0.0950. The number of aromatic amines is 1. The number of amides is 1. The monoisotopic (exact) mass is 269 g/mol. The van der Waals surface area contributed by atoms with Crippen LogP contribution in [0.4, 0.5) is 0 Å². The summed E-state index contributed by atoms with van der Waals surface area (Å²) in [5.41, 5.74) is 1.29. The maximum Gasteiger partial charge on any atom is 0.272 e. The molecule has 6 heteroatoms. The van der Waals surface area contributed by atoms with Crippen LogP contribution in [0.2, 0.25) is 0 Å². The van der Waals surface area contributed by atoms with Gasteiger partial charge >= 0.3 is 0 Å². The summed E-state index contributed by atoms with van der Waals surface area (Å²) in [6.45, 7) is 0.533. The Balaban J connectivity index is 1.66. The molecular formula is C14H15N5O. The summed E-state index contributed by atoms with van der Waals surface area (Å²) in [5.74, 6) is 0.772. The number of carbonyl (C=O) groups excluding carboxylic acids is 1. The van der Waals surface area contributed by atoms with E-state index in [4.69, 9.17) is 0 Å². The number of rotatable bonds is 4. The molecule has 20 heavy (non-hydrogen) atoms. The molecule has 0 saturated heterocycles. The molecule has 1 amide bonds. The summed E-state index contributed by atoms with van der Waals surface area (Å²) < 4.78 is 1.94. The number of nitrogens with zero attached hydrogens (tertiary/aromatic N) is 3. The van der Waals surface area contributed by atoms with E-state index < -0.39 is 0 Å². The Morgan fingerprint density at radius 2 is 2.25 bits per heavy atom. The van der Waals surface area contributed by atoms with Crippen molar-refractivity contribution in [2.24, 2.45) is 7.05 Å². The number of benzene rings is 1. The molecular weight excluding hydrogens is 254 g/mol. The highest BCUT2D eigenvalue weighted by molar-refractivity contribution is 6.04. The van der Waals surface area contributed by atoms with E-state index in [1.807, 2.05) is 42.1 Å². The van der Waals surface area contributed by atoms with Crippen LogP contribution in [-0.2, 0) is 13.5 Å². The van der Waals surface area contributed by atoms with E-state index in [0.29, 0.717) is 18.7 Å². The Morgan fingerprint density at radius 1 is 1.40 bits per heavy atom. The van der Waals surface area contributed by atoms with E-state index in [9.17, 15) is 4.79 Å². The van der Waals surface area contributed by atoms with Gasteiger partial charge in [-0.2, -0.15) is 5.10 Å². The van der Waals surface area contributed by atoms with E-state index in [-0.39, 0.29) is 5.91 Å². The first-order valence-electron chi connectivity index (χ1n) is 6.43. The largest absolute Gasteiger partial charge is 0.350 e. The fourth-order valence-electron chi connectivity index (χ4n) is 2.15. The third-order valence-electron chi connectivity index (χ3n) is 3.24. The van der Waals surface area contributed by atoms with E-state index >= 15 is 0 Å². The van der Waals surface area contributed by atoms with Crippen molar-refractivity contribution in [1.29, 1.82) is 0 Å². The smallest absolute Gasteiger partial charge is 0.272 e. The number of aryl methyl sites for hydroxylation is 1. The van der Waals surface area contributed by atoms with Crippen molar-refractivity contribution in [2.75, 3.05) is 6.54 Å². The van der Waals surface area contributed by atoms with Crippen molar-refractivity contribution in [1.82, 2.24) is 25.1 Å². The predicted octanol–water partition coefficient (Wildman–Crippen LogP) is 1.27. The zero-order chi connectivity index (χ0) is 13.9. The van der Waals surface area contributed by atoms with Crippen LogP contribution in [0.25, 0.3) is 10.9 Å². The molecule has 2 heterocycles. The zero-order valence-electron chi connectivity index (χ0n) is 11.1. The summed E-state index contributed by atoms with van der Waals surface area (Å²) in [6, 6.07) is 7.57. The summed E-state index contributed by atoms with van der Waals surface area (Å²) in [7, 11) is 1.94. The quantitative estimate of drug-likeness (QED) is 0.749. The number of carbonyl (C=O) groups is 1. The Labute approximate surface area is 115 Å². The minimum Gasteiger partial charge on any atom is -0.350 e. The Bertz CT molecular complexity index is 743. The van der Waals surface area contributed by atoms with E-state index in [2.05, 4.69) is 20.5 Å². The van der Waals surface area contributed by atoms with Gasteiger partial charge in [-0.15, -0.1) is 0 Å². The molecule has 3 rings (SSSR count). The van der Waals surface area contributed by atoms with E-state index in [1.54, 1.807) is 6.20 Å². The molecule has 0 saturated carbocycles. The second-order valence-electron chi connectivity index (χ2n) is 4.58. The molecule has 0 aliphatic carbocycles. The minimum absolute atomic E-state index is 0.170. The third-order valence-corrected chi connectivity index (χ3v) is 3.24. The third kappa shape index (κ3) is 2.27. The van der Waals surface area contributed by atoms with Gasteiger partial charge in [0, 0.05) is 37.8 Å². The summed E-state index contributed by atoms with van der Waals surface area (Å²) >= 11 is 0. The van der Waals surface area contributed by atoms with Gasteiger partial charge in [0.25, 0.3) is 5.91 Å². The lowest BCUT2D eigenvalue weighted by Crippen LogP contribution is -2.26. The molecule has 102 valence electrons. The van der Waals surface area contributed by atoms with Gasteiger partial charge in [0.15, 0.2) is 5.69 Å². The van der Waals surface area contributed by atoms with Crippen LogP contribution in [0, 0.1) is 0 Å². The SMILES string of the molecule is Cn1ccnc1CCNC(=O)c1n[nH]c2ccccc12. The lowest BCUT2D eigenvalue weighted by atomic mass is 10.2. The van der Waals surface area contributed by atoms with Crippen molar-refractivity contribution >= 4 is 16.8 Å². The second-order valence-corrected chi connectivity index (χ2v) is 4.58. The fraction of sp³-hybridized carbons (Fsp3) is 0.214. The van der Waals surface area contributed by atoms with Crippen molar-refractivity contribution in [3.63, 3.8) is 0 Å².